The number of hydrogen-bond donors (Lipinski definition) is 0. The number of rotatable bonds is 2. The summed E-state index contributed by atoms with van der Waals surface area (Å²) in [6, 6.07) is 3.72. The normalized spacial score (nSPS) is 10.9. The molecule has 3 nitrogen and oxygen atoms in total. The fourth-order valence-electron chi connectivity index (χ4n) is 1.71. The molecule has 0 radical (unpaired) electrons. The minimum Gasteiger partial charge on any atom is -0.269 e. The summed E-state index contributed by atoms with van der Waals surface area (Å²) in [6.45, 7) is 3.96. The smallest absolute Gasteiger partial charge is 0.262 e. The Hall–Kier alpha value is -1.35. The van der Waals surface area contributed by atoms with Crippen molar-refractivity contribution < 1.29 is 0 Å². The van der Waals surface area contributed by atoms with Gasteiger partial charge in [0.25, 0.3) is 5.56 Å². The highest BCUT2D eigenvalue weighted by atomic mass is 35.5. The molecule has 0 spiro atoms. The molecule has 0 aliphatic rings. The highest BCUT2D eigenvalue weighted by molar-refractivity contribution is 6.30. The molecule has 0 aliphatic heterocycles. The fourth-order valence-corrected chi connectivity index (χ4v) is 1.98. The van der Waals surface area contributed by atoms with E-state index in [1.165, 1.54) is 0 Å². The van der Waals surface area contributed by atoms with Gasteiger partial charge in [0.15, 0.2) is 0 Å². The van der Waals surface area contributed by atoms with Crippen molar-refractivity contribution in [2.24, 2.45) is 0 Å². The lowest BCUT2D eigenvalue weighted by molar-refractivity contribution is 0.873. The molecule has 4 heteroatoms. The first-order chi connectivity index (χ1) is 7.63. The Morgan fingerprint density at radius 2 is 2.19 bits per heavy atom. The van der Waals surface area contributed by atoms with Crippen LogP contribution in [0.25, 0.3) is 5.65 Å². The van der Waals surface area contributed by atoms with Crippen LogP contribution >= 0.6 is 11.6 Å². The Labute approximate surface area is 98.7 Å². The van der Waals surface area contributed by atoms with Gasteiger partial charge in [0.2, 0.25) is 0 Å². The van der Waals surface area contributed by atoms with E-state index in [0.717, 1.165) is 12.0 Å². The molecule has 0 N–H and O–H groups in total. The molecule has 0 unspecified atom stereocenters. The number of pyridine rings is 1. The van der Waals surface area contributed by atoms with Crippen LogP contribution in [0.2, 0.25) is 5.15 Å². The van der Waals surface area contributed by atoms with Crippen LogP contribution in [0.5, 0.6) is 0 Å². The van der Waals surface area contributed by atoms with E-state index in [9.17, 15) is 4.79 Å². The number of hydrogen-bond acceptors (Lipinski definition) is 2. The van der Waals surface area contributed by atoms with E-state index in [-0.39, 0.29) is 5.56 Å². The quantitative estimate of drug-likeness (QED) is 0.752. The van der Waals surface area contributed by atoms with Crippen LogP contribution in [0.3, 0.4) is 0 Å². The van der Waals surface area contributed by atoms with E-state index in [2.05, 4.69) is 4.98 Å². The second kappa shape index (κ2) is 4.26. The summed E-state index contributed by atoms with van der Waals surface area (Å²) < 4.78 is 1.56. The zero-order valence-corrected chi connectivity index (χ0v) is 10.1. The monoisotopic (exact) mass is 236 g/mol. The standard InChI is InChI=1S/C12H13ClN2O/c1-3-4-9-11(13)14-10-6-5-8(2)7-15(10)12(9)16/h5-7H,3-4H2,1-2H3. The molecule has 0 fully saturated rings. The van der Waals surface area contributed by atoms with Crippen molar-refractivity contribution in [2.45, 2.75) is 26.7 Å². The summed E-state index contributed by atoms with van der Waals surface area (Å²) in [5.41, 5.74) is 2.18. The molecule has 2 aromatic heterocycles. The molecule has 0 saturated carbocycles. The van der Waals surface area contributed by atoms with Gasteiger partial charge in [-0.05, 0) is 25.0 Å². The first kappa shape index (κ1) is 11.1. The molecule has 0 bridgehead atoms. The van der Waals surface area contributed by atoms with Crippen LogP contribution in [0.4, 0.5) is 0 Å². The number of nitrogens with zero attached hydrogens (tertiary/aromatic N) is 2. The van der Waals surface area contributed by atoms with E-state index in [1.54, 1.807) is 16.7 Å². The van der Waals surface area contributed by atoms with Crippen LogP contribution < -0.4 is 5.56 Å². The highest BCUT2D eigenvalue weighted by Crippen LogP contribution is 2.12. The molecular formula is C12H13ClN2O. The van der Waals surface area contributed by atoms with Gasteiger partial charge < -0.3 is 0 Å². The maximum atomic E-state index is 12.1. The lowest BCUT2D eigenvalue weighted by Crippen LogP contribution is -2.20. The minimum atomic E-state index is -0.0550. The van der Waals surface area contributed by atoms with Crippen LogP contribution in [0.1, 0.15) is 24.5 Å². The summed E-state index contributed by atoms with van der Waals surface area (Å²) in [6.07, 6.45) is 3.34. The van der Waals surface area contributed by atoms with E-state index in [4.69, 9.17) is 11.6 Å². The third-order valence-electron chi connectivity index (χ3n) is 2.51. The minimum absolute atomic E-state index is 0.0550. The molecule has 0 aliphatic carbocycles. The van der Waals surface area contributed by atoms with Gasteiger partial charge in [-0.1, -0.05) is 31.0 Å². The third-order valence-corrected chi connectivity index (χ3v) is 2.83. The van der Waals surface area contributed by atoms with Crippen molar-refractivity contribution in [1.29, 1.82) is 0 Å². The number of fused-ring (bicyclic) bond motifs is 1. The molecule has 2 heterocycles. The van der Waals surface area contributed by atoms with Gasteiger partial charge in [0.1, 0.15) is 10.8 Å². The molecule has 2 rings (SSSR count). The van der Waals surface area contributed by atoms with Gasteiger partial charge in [-0.3, -0.25) is 9.20 Å². The SMILES string of the molecule is CCCc1c(Cl)nc2ccc(C)cn2c1=O. The maximum Gasteiger partial charge on any atom is 0.262 e. The van der Waals surface area contributed by atoms with Gasteiger partial charge in [-0.25, -0.2) is 4.98 Å². The summed E-state index contributed by atoms with van der Waals surface area (Å²) in [5, 5.41) is 0.329. The zero-order valence-electron chi connectivity index (χ0n) is 9.33. The molecule has 0 amide bonds. The first-order valence-electron chi connectivity index (χ1n) is 5.31. The van der Waals surface area contributed by atoms with Crippen molar-refractivity contribution >= 4 is 17.2 Å². The molecule has 0 saturated heterocycles. The molecule has 16 heavy (non-hydrogen) atoms. The largest absolute Gasteiger partial charge is 0.269 e. The van der Waals surface area contributed by atoms with Gasteiger partial charge in [-0.15, -0.1) is 0 Å². The van der Waals surface area contributed by atoms with Gasteiger partial charge in [0.05, 0.1) is 5.56 Å². The Bertz CT molecular complexity index is 589. The molecule has 0 atom stereocenters. The topological polar surface area (TPSA) is 34.4 Å². The molecule has 2 aromatic rings. The van der Waals surface area contributed by atoms with Gasteiger partial charge in [0, 0.05) is 6.20 Å². The Kier molecular flexibility index (Phi) is 2.97. The van der Waals surface area contributed by atoms with Crippen LogP contribution in [0, 0.1) is 6.92 Å². The van der Waals surface area contributed by atoms with Crippen LogP contribution in [-0.4, -0.2) is 9.38 Å². The average molecular weight is 237 g/mol. The lowest BCUT2D eigenvalue weighted by Gasteiger charge is -2.06. The first-order valence-corrected chi connectivity index (χ1v) is 5.68. The number of aryl methyl sites for hydroxylation is 1. The summed E-state index contributed by atoms with van der Waals surface area (Å²) in [7, 11) is 0. The van der Waals surface area contributed by atoms with Gasteiger partial charge >= 0.3 is 0 Å². The summed E-state index contributed by atoms with van der Waals surface area (Å²) in [4.78, 5) is 16.4. The van der Waals surface area contributed by atoms with Gasteiger partial charge in [-0.2, -0.15) is 0 Å². The van der Waals surface area contributed by atoms with Crippen LogP contribution in [-0.2, 0) is 6.42 Å². The van der Waals surface area contributed by atoms with Crippen LogP contribution in [0.15, 0.2) is 23.1 Å². The van der Waals surface area contributed by atoms with Crippen molar-refractivity contribution in [3.05, 3.63) is 45.0 Å². The van der Waals surface area contributed by atoms with E-state index < -0.39 is 0 Å². The van der Waals surface area contributed by atoms with Crippen molar-refractivity contribution in [1.82, 2.24) is 9.38 Å². The Balaban J connectivity index is 2.80. The molecule has 84 valence electrons. The number of halogens is 1. The van der Waals surface area contributed by atoms with E-state index in [0.29, 0.717) is 22.8 Å². The van der Waals surface area contributed by atoms with E-state index in [1.807, 2.05) is 19.9 Å². The predicted molar refractivity (Wildman–Crippen MR) is 65.2 cm³/mol. The summed E-state index contributed by atoms with van der Waals surface area (Å²) >= 11 is 6.00. The summed E-state index contributed by atoms with van der Waals surface area (Å²) in [5.74, 6) is 0. The predicted octanol–water partition coefficient (Wildman–Crippen LogP) is 2.61. The zero-order chi connectivity index (χ0) is 11.7. The Morgan fingerprint density at radius 1 is 1.44 bits per heavy atom. The second-order valence-electron chi connectivity index (χ2n) is 3.87. The number of aromatic nitrogens is 2. The molecular weight excluding hydrogens is 224 g/mol. The second-order valence-corrected chi connectivity index (χ2v) is 4.23. The Morgan fingerprint density at radius 3 is 2.88 bits per heavy atom. The van der Waals surface area contributed by atoms with Crippen molar-refractivity contribution in [2.75, 3.05) is 0 Å². The fraction of sp³-hybridized carbons (Fsp3) is 0.333. The molecule has 0 aromatic carbocycles. The van der Waals surface area contributed by atoms with E-state index >= 15 is 0 Å². The van der Waals surface area contributed by atoms with Crippen molar-refractivity contribution in [3.63, 3.8) is 0 Å². The lowest BCUT2D eigenvalue weighted by atomic mass is 10.2. The highest BCUT2D eigenvalue weighted by Gasteiger charge is 2.09. The maximum absolute atomic E-state index is 12.1. The third kappa shape index (κ3) is 1.83. The van der Waals surface area contributed by atoms with Crippen molar-refractivity contribution in [3.8, 4) is 0 Å². The average Bonchev–Trinajstić information content (AvgIpc) is 2.26.